The highest BCUT2D eigenvalue weighted by molar-refractivity contribution is 5.69. The summed E-state index contributed by atoms with van der Waals surface area (Å²) in [6.45, 7) is 0. The summed E-state index contributed by atoms with van der Waals surface area (Å²) in [6.07, 6.45) is 3.38. The van der Waals surface area contributed by atoms with Gasteiger partial charge in [0, 0.05) is 23.5 Å². The SMILES string of the molecule is N#Cc1ccc(-c2ccc(-c3ccc(C#N)nc3)cc2)cn1. The Bertz CT molecular complexity index is 788. The van der Waals surface area contributed by atoms with Gasteiger partial charge in [-0.25, -0.2) is 9.97 Å². The Hall–Kier alpha value is -3.50. The van der Waals surface area contributed by atoms with Crippen molar-refractivity contribution < 1.29 is 0 Å². The van der Waals surface area contributed by atoms with E-state index in [0.29, 0.717) is 11.4 Å². The van der Waals surface area contributed by atoms with Crippen LogP contribution >= 0.6 is 0 Å². The molecular formula is C18H10N4. The van der Waals surface area contributed by atoms with Crippen LogP contribution in [0.3, 0.4) is 0 Å². The van der Waals surface area contributed by atoms with Gasteiger partial charge in [-0.05, 0) is 35.4 Å². The van der Waals surface area contributed by atoms with Gasteiger partial charge >= 0.3 is 0 Å². The molecule has 0 saturated heterocycles. The Kier molecular flexibility index (Phi) is 3.59. The maximum absolute atomic E-state index is 8.76. The van der Waals surface area contributed by atoms with Crippen molar-refractivity contribution in [3.63, 3.8) is 0 Å². The minimum absolute atomic E-state index is 0.407. The van der Waals surface area contributed by atoms with E-state index < -0.39 is 0 Å². The van der Waals surface area contributed by atoms with Gasteiger partial charge in [0.05, 0.1) is 0 Å². The summed E-state index contributed by atoms with van der Waals surface area (Å²) >= 11 is 0. The molecule has 0 radical (unpaired) electrons. The van der Waals surface area contributed by atoms with Crippen LogP contribution in [-0.2, 0) is 0 Å². The number of aromatic nitrogens is 2. The maximum atomic E-state index is 8.76. The van der Waals surface area contributed by atoms with Crippen molar-refractivity contribution in [3.05, 3.63) is 72.3 Å². The second-order valence-electron chi connectivity index (χ2n) is 4.67. The van der Waals surface area contributed by atoms with Gasteiger partial charge in [-0.3, -0.25) is 0 Å². The lowest BCUT2D eigenvalue weighted by atomic mass is 10.0. The highest BCUT2D eigenvalue weighted by Gasteiger charge is 2.02. The average molecular weight is 282 g/mol. The first-order chi connectivity index (χ1) is 10.8. The van der Waals surface area contributed by atoms with Crippen molar-refractivity contribution in [2.75, 3.05) is 0 Å². The van der Waals surface area contributed by atoms with E-state index >= 15 is 0 Å². The van der Waals surface area contributed by atoms with Gasteiger partial charge in [0.25, 0.3) is 0 Å². The molecule has 4 heteroatoms. The molecule has 0 unspecified atom stereocenters. The molecule has 22 heavy (non-hydrogen) atoms. The van der Waals surface area contributed by atoms with E-state index in [4.69, 9.17) is 10.5 Å². The quantitative estimate of drug-likeness (QED) is 0.720. The molecule has 0 aliphatic carbocycles. The highest BCUT2D eigenvalue weighted by atomic mass is 14.7. The van der Waals surface area contributed by atoms with Crippen LogP contribution < -0.4 is 0 Å². The summed E-state index contributed by atoms with van der Waals surface area (Å²) in [4.78, 5) is 8.14. The highest BCUT2D eigenvalue weighted by Crippen LogP contribution is 2.24. The second-order valence-corrected chi connectivity index (χ2v) is 4.67. The standard InChI is InChI=1S/C18H10N4/c19-9-17-7-5-15(11-21-17)13-1-2-14(4-3-13)16-6-8-18(10-20)22-12-16/h1-8,11-12H. The number of hydrogen-bond acceptors (Lipinski definition) is 4. The molecule has 0 amide bonds. The summed E-state index contributed by atoms with van der Waals surface area (Å²) in [7, 11) is 0. The molecule has 102 valence electrons. The van der Waals surface area contributed by atoms with Crippen LogP contribution in [0, 0.1) is 22.7 Å². The van der Waals surface area contributed by atoms with E-state index in [1.807, 2.05) is 48.5 Å². The van der Waals surface area contributed by atoms with Gasteiger partial charge in [-0.15, -0.1) is 0 Å². The van der Waals surface area contributed by atoms with Crippen molar-refractivity contribution in [3.8, 4) is 34.4 Å². The first-order valence-corrected chi connectivity index (χ1v) is 6.63. The first-order valence-electron chi connectivity index (χ1n) is 6.63. The molecule has 2 aromatic heterocycles. The molecule has 0 bridgehead atoms. The molecular weight excluding hydrogens is 272 g/mol. The number of nitriles is 2. The molecule has 3 rings (SSSR count). The van der Waals surface area contributed by atoms with Crippen LogP contribution in [0.5, 0.6) is 0 Å². The van der Waals surface area contributed by atoms with Gasteiger partial charge in [-0.1, -0.05) is 24.3 Å². The summed E-state index contributed by atoms with van der Waals surface area (Å²) < 4.78 is 0. The van der Waals surface area contributed by atoms with Crippen LogP contribution in [-0.4, -0.2) is 9.97 Å². The Morgan fingerprint density at radius 1 is 0.545 bits per heavy atom. The number of hydrogen-bond donors (Lipinski definition) is 0. The fourth-order valence-electron chi connectivity index (χ4n) is 2.12. The smallest absolute Gasteiger partial charge is 0.140 e. The Morgan fingerprint density at radius 2 is 0.909 bits per heavy atom. The summed E-state index contributed by atoms with van der Waals surface area (Å²) in [6, 6.07) is 19.2. The van der Waals surface area contributed by atoms with Crippen LogP contribution in [0.1, 0.15) is 11.4 Å². The van der Waals surface area contributed by atoms with E-state index in [-0.39, 0.29) is 0 Å². The largest absolute Gasteiger partial charge is 0.245 e. The van der Waals surface area contributed by atoms with Gasteiger partial charge in [-0.2, -0.15) is 10.5 Å². The Balaban J connectivity index is 1.88. The van der Waals surface area contributed by atoms with E-state index in [1.54, 1.807) is 24.5 Å². The number of pyridine rings is 2. The third-order valence-corrected chi connectivity index (χ3v) is 3.31. The van der Waals surface area contributed by atoms with Crippen LogP contribution in [0.4, 0.5) is 0 Å². The molecule has 0 aliphatic rings. The fraction of sp³-hybridized carbons (Fsp3) is 0. The molecule has 0 fully saturated rings. The van der Waals surface area contributed by atoms with Crippen molar-refractivity contribution in [1.29, 1.82) is 10.5 Å². The van der Waals surface area contributed by atoms with Crippen molar-refractivity contribution in [1.82, 2.24) is 9.97 Å². The van der Waals surface area contributed by atoms with Crippen molar-refractivity contribution in [2.24, 2.45) is 0 Å². The van der Waals surface area contributed by atoms with E-state index in [9.17, 15) is 0 Å². The van der Waals surface area contributed by atoms with Crippen LogP contribution in [0.2, 0.25) is 0 Å². The third-order valence-electron chi connectivity index (χ3n) is 3.31. The van der Waals surface area contributed by atoms with Gasteiger partial charge in [0.2, 0.25) is 0 Å². The zero-order valence-electron chi connectivity index (χ0n) is 11.6. The van der Waals surface area contributed by atoms with E-state index in [2.05, 4.69) is 9.97 Å². The first kappa shape index (κ1) is 13.5. The monoisotopic (exact) mass is 282 g/mol. The average Bonchev–Trinajstić information content (AvgIpc) is 2.62. The number of rotatable bonds is 2. The molecule has 1 aromatic carbocycles. The van der Waals surface area contributed by atoms with Gasteiger partial charge < -0.3 is 0 Å². The predicted octanol–water partition coefficient (Wildman–Crippen LogP) is 3.55. The number of nitrogens with zero attached hydrogens (tertiary/aromatic N) is 4. The maximum Gasteiger partial charge on any atom is 0.140 e. The zero-order chi connectivity index (χ0) is 15.4. The minimum Gasteiger partial charge on any atom is -0.245 e. The predicted molar refractivity (Wildman–Crippen MR) is 82.3 cm³/mol. The molecule has 0 atom stereocenters. The molecule has 0 spiro atoms. The molecule has 2 heterocycles. The Labute approximate surface area is 127 Å². The topological polar surface area (TPSA) is 73.4 Å². The third kappa shape index (κ3) is 2.67. The summed E-state index contributed by atoms with van der Waals surface area (Å²) in [5.41, 5.74) is 4.80. The van der Waals surface area contributed by atoms with Crippen LogP contribution in [0.25, 0.3) is 22.3 Å². The molecule has 3 aromatic rings. The summed E-state index contributed by atoms with van der Waals surface area (Å²) in [5, 5.41) is 17.5. The van der Waals surface area contributed by atoms with Crippen LogP contribution in [0.15, 0.2) is 60.9 Å². The van der Waals surface area contributed by atoms with E-state index in [1.165, 1.54) is 0 Å². The lowest BCUT2D eigenvalue weighted by Crippen LogP contribution is -1.86. The fourth-order valence-corrected chi connectivity index (χ4v) is 2.12. The van der Waals surface area contributed by atoms with Crippen molar-refractivity contribution in [2.45, 2.75) is 0 Å². The number of benzene rings is 1. The van der Waals surface area contributed by atoms with Crippen molar-refractivity contribution >= 4 is 0 Å². The molecule has 4 nitrogen and oxygen atoms in total. The van der Waals surface area contributed by atoms with Gasteiger partial charge in [0.15, 0.2) is 0 Å². The Morgan fingerprint density at radius 3 is 1.18 bits per heavy atom. The van der Waals surface area contributed by atoms with E-state index in [0.717, 1.165) is 22.3 Å². The minimum atomic E-state index is 0.407. The van der Waals surface area contributed by atoms with Gasteiger partial charge in [0.1, 0.15) is 23.5 Å². The molecule has 0 aliphatic heterocycles. The summed E-state index contributed by atoms with van der Waals surface area (Å²) in [5.74, 6) is 0. The normalized spacial score (nSPS) is 9.73. The molecule has 0 N–H and O–H groups in total. The lowest BCUT2D eigenvalue weighted by Gasteiger charge is -2.04. The lowest BCUT2D eigenvalue weighted by molar-refractivity contribution is 1.26. The second kappa shape index (κ2) is 5.87. The molecule has 0 saturated carbocycles. The zero-order valence-corrected chi connectivity index (χ0v) is 11.6.